The van der Waals surface area contributed by atoms with Gasteiger partial charge in [0.1, 0.15) is 17.3 Å². The number of nitrogens with one attached hydrogen (secondary N) is 1. The molecule has 0 bridgehead atoms. The number of ether oxygens (including phenoxy) is 1. The van der Waals surface area contributed by atoms with E-state index < -0.39 is 0 Å². The van der Waals surface area contributed by atoms with Crippen LogP contribution in [0.3, 0.4) is 0 Å². The summed E-state index contributed by atoms with van der Waals surface area (Å²) in [5.41, 5.74) is 1.00. The molecule has 3 nitrogen and oxygen atoms in total. The Hall–Kier alpha value is -1.74. The van der Waals surface area contributed by atoms with E-state index in [-0.39, 0.29) is 6.10 Å². The van der Waals surface area contributed by atoms with Gasteiger partial charge in [-0.1, -0.05) is 19.1 Å². The van der Waals surface area contributed by atoms with Gasteiger partial charge in [0.2, 0.25) is 0 Å². The van der Waals surface area contributed by atoms with Gasteiger partial charge in [-0.2, -0.15) is 0 Å². The molecule has 0 aliphatic rings. The molecule has 0 aliphatic heterocycles. The normalized spacial score (nSPS) is 11.0. The van der Waals surface area contributed by atoms with Gasteiger partial charge >= 0.3 is 0 Å². The molecular weight excluding hydrogens is 250 g/mol. The third kappa shape index (κ3) is 3.87. The van der Waals surface area contributed by atoms with Crippen LogP contribution < -0.4 is 10.1 Å². The Morgan fingerprint density at radius 1 is 1.15 bits per heavy atom. The van der Waals surface area contributed by atoms with Crippen molar-refractivity contribution in [2.45, 2.75) is 39.8 Å². The SMILES string of the molecule is CCCNCc1ccc(-c2ccccc2OC(C)C)o1. The fraction of sp³-hybridized carbons (Fsp3) is 0.412. The summed E-state index contributed by atoms with van der Waals surface area (Å²) < 4.78 is 11.7. The molecule has 2 aromatic rings. The Balaban J connectivity index is 2.15. The van der Waals surface area contributed by atoms with Crippen LogP contribution in [0.15, 0.2) is 40.8 Å². The Bertz CT molecular complexity index is 531. The zero-order valence-corrected chi connectivity index (χ0v) is 12.5. The summed E-state index contributed by atoms with van der Waals surface area (Å²) in [4.78, 5) is 0. The van der Waals surface area contributed by atoms with Crippen LogP contribution in [0.5, 0.6) is 5.75 Å². The molecule has 108 valence electrons. The van der Waals surface area contributed by atoms with Gasteiger partial charge in [-0.15, -0.1) is 0 Å². The topological polar surface area (TPSA) is 34.4 Å². The lowest BCUT2D eigenvalue weighted by atomic mass is 10.1. The van der Waals surface area contributed by atoms with E-state index in [1.54, 1.807) is 0 Å². The molecule has 0 unspecified atom stereocenters. The maximum atomic E-state index is 5.90. The quantitative estimate of drug-likeness (QED) is 0.766. The van der Waals surface area contributed by atoms with E-state index in [0.29, 0.717) is 0 Å². The van der Waals surface area contributed by atoms with Crippen LogP contribution in [0, 0.1) is 0 Å². The third-order valence-corrected chi connectivity index (χ3v) is 2.90. The number of furan rings is 1. The molecule has 2 rings (SSSR count). The van der Waals surface area contributed by atoms with Gasteiger partial charge in [-0.05, 0) is 51.1 Å². The summed E-state index contributed by atoms with van der Waals surface area (Å²) in [5, 5.41) is 3.34. The highest BCUT2D eigenvalue weighted by Crippen LogP contribution is 2.31. The third-order valence-electron chi connectivity index (χ3n) is 2.90. The first-order valence-corrected chi connectivity index (χ1v) is 7.26. The smallest absolute Gasteiger partial charge is 0.138 e. The predicted molar refractivity (Wildman–Crippen MR) is 81.9 cm³/mol. The molecule has 0 aliphatic carbocycles. The largest absolute Gasteiger partial charge is 0.490 e. The maximum absolute atomic E-state index is 5.90. The Labute approximate surface area is 121 Å². The van der Waals surface area contributed by atoms with Crippen molar-refractivity contribution in [2.75, 3.05) is 6.54 Å². The number of benzene rings is 1. The van der Waals surface area contributed by atoms with Gasteiger partial charge in [-0.3, -0.25) is 0 Å². The van der Waals surface area contributed by atoms with Crippen molar-refractivity contribution >= 4 is 0 Å². The highest BCUT2D eigenvalue weighted by Gasteiger charge is 2.11. The molecule has 1 aromatic heterocycles. The van der Waals surface area contributed by atoms with Crippen molar-refractivity contribution in [3.63, 3.8) is 0 Å². The van der Waals surface area contributed by atoms with Gasteiger partial charge in [0.05, 0.1) is 18.2 Å². The average molecular weight is 273 g/mol. The molecule has 0 saturated carbocycles. The van der Waals surface area contributed by atoms with Gasteiger partial charge < -0.3 is 14.5 Å². The van der Waals surface area contributed by atoms with Crippen LogP contribution in [-0.4, -0.2) is 12.6 Å². The lowest BCUT2D eigenvalue weighted by Crippen LogP contribution is -2.12. The number of hydrogen-bond donors (Lipinski definition) is 1. The average Bonchev–Trinajstić information content (AvgIpc) is 2.88. The van der Waals surface area contributed by atoms with E-state index >= 15 is 0 Å². The Morgan fingerprint density at radius 3 is 2.70 bits per heavy atom. The Morgan fingerprint density at radius 2 is 1.95 bits per heavy atom. The van der Waals surface area contributed by atoms with E-state index in [9.17, 15) is 0 Å². The van der Waals surface area contributed by atoms with E-state index in [1.165, 1.54) is 0 Å². The second kappa shape index (κ2) is 7.15. The van der Waals surface area contributed by atoms with Gasteiger partial charge in [0, 0.05) is 0 Å². The highest BCUT2D eigenvalue weighted by atomic mass is 16.5. The molecule has 1 N–H and O–H groups in total. The van der Waals surface area contributed by atoms with E-state index in [0.717, 1.165) is 42.3 Å². The molecule has 0 amide bonds. The van der Waals surface area contributed by atoms with E-state index in [4.69, 9.17) is 9.15 Å². The standard InChI is InChI=1S/C17H23NO2/c1-4-11-18-12-14-9-10-17(20-14)15-7-5-6-8-16(15)19-13(2)3/h5-10,13,18H,4,11-12H2,1-3H3. The lowest BCUT2D eigenvalue weighted by Gasteiger charge is -2.12. The second-order valence-electron chi connectivity index (χ2n) is 5.11. The molecule has 1 heterocycles. The van der Waals surface area contributed by atoms with Gasteiger partial charge in [-0.25, -0.2) is 0 Å². The van der Waals surface area contributed by atoms with Gasteiger partial charge in [0.25, 0.3) is 0 Å². The van der Waals surface area contributed by atoms with Crippen molar-refractivity contribution in [1.29, 1.82) is 0 Å². The van der Waals surface area contributed by atoms with Crippen molar-refractivity contribution in [1.82, 2.24) is 5.32 Å². The number of para-hydroxylation sites is 1. The van der Waals surface area contributed by atoms with Crippen molar-refractivity contribution in [3.8, 4) is 17.1 Å². The summed E-state index contributed by atoms with van der Waals surface area (Å²) in [6.07, 6.45) is 1.27. The molecule has 0 fully saturated rings. The van der Waals surface area contributed by atoms with Crippen LogP contribution >= 0.6 is 0 Å². The molecule has 3 heteroatoms. The maximum Gasteiger partial charge on any atom is 0.138 e. The first-order chi connectivity index (χ1) is 9.70. The second-order valence-corrected chi connectivity index (χ2v) is 5.11. The minimum Gasteiger partial charge on any atom is -0.490 e. The fourth-order valence-electron chi connectivity index (χ4n) is 2.03. The zero-order chi connectivity index (χ0) is 14.4. The first-order valence-electron chi connectivity index (χ1n) is 7.26. The molecule has 0 spiro atoms. The summed E-state index contributed by atoms with van der Waals surface area (Å²) in [5.74, 6) is 2.67. The van der Waals surface area contributed by atoms with E-state index in [2.05, 4.69) is 12.2 Å². The van der Waals surface area contributed by atoms with Crippen LogP contribution in [0.2, 0.25) is 0 Å². The summed E-state index contributed by atoms with van der Waals surface area (Å²) in [7, 11) is 0. The first kappa shape index (κ1) is 14.7. The molecule has 0 radical (unpaired) electrons. The van der Waals surface area contributed by atoms with Crippen LogP contribution in [-0.2, 0) is 6.54 Å². The minimum absolute atomic E-state index is 0.150. The molecule has 1 aromatic carbocycles. The van der Waals surface area contributed by atoms with Crippen molar-refractivity contribution in [3.05, 3.63) is 42.2 Å². The summed E-state index contributed by atoms with van der Waals surface area (Å²) >= 11 is 0. The monoisotopic (exact) mass is 273 g/mol. The molecule has 20 heavy (non-hydrogen) atoms. The van der Waals surface area contributed by atoms with Crippen LogP contribution in [0.1, 0.15) is 33.0 Å². The van der Waals surface area contributed by atoms with Gasteiger partial charge in [0.15, 0.2) is 0 Å². The van der Waals surface area contributed by atoms with Crippen molar-refractivity contribution < 1.29 is 9.15 Å². The lowest BCUT2D eigenvalue weighted by molar-refractivity contribution is 0.243. The van der Waals surface area contributed by atoms with Crippen LogP contribution in [0.4, 0.5) is 0 Å². The highest BCUT2D eigenvalue weighted by molar-refractivity contribution is 5.65. The minimum atomic E-state index is 0.150. The molecule has 0 atom stereocenters. The van der Waals surface area contributed by atoms with Crippen molar-refractivity contribution in [2.24, 2.45) is 0 Å². The predicted octanol–water partition coefficient (Wildman–Crippen LogP) is 4.23. The summed E-state index contributed by atoms with van der Waals surface area (Å²) in [6.45, 7) is 7.97. The number of hydrogen-bond acceptors (Lipinski definition) is 3. The fourth-order valence-corrected chi connectivity index (χ4v) is 2.03. The Kier molecular flexibility index (Phi) is 5.24. The zero-order valence-electron chi connectivity index (χ0n) is 12.5. The van der Waals surface area contributed by atoms with Crippen LogP contribution in [0.25, 0.3) is 11.3 Å². The molecular formula is C17H23NO2. The molecule has 0 saturated heterocycles. The van der Waals surface area contributed by atoms with E-state index in [1.807, 2.05) is 50.2 Å². The number of rotatable bonds is 7. The summed E-state index contributed by atoms with van der Waals surface area (Å²) in [6, 6.07) is 12.0.